The number of nitrogens with one attached hydrogen (secondary N) is 1. The van der Waals surface area contributed by atoms with E-state index in [1.807, 2.05) is 0 Å². The van der Waals surface area contributed by atoms with Gasteiger partial charge in [-0.1, -0.05) is 11.6 Å². The third-order valence-corrected chi connectivity index (χ3v) is 3.45. The molecule has 1 atom stereocenters. The molecular formula is C12H14ClNO. The second-order valence-electron chi connectivity index (χ2n) is 4.20. The summed E-state index contributed by atoms with van der Waals surface area (Å²) in [4.78, 5) is 0. The minimum absolute atomic E-state index is 0.239. The molecule has 0 fully saturated rings. The molecule has 2 heterocycles. The molecule has 1 N–H and O–H groups in total. The monoisotopic (exact) mass is 223 g/mol. The van der Waals surface area contributed by atoms with E-state index in [9.17, 15) is 0 Å². The van der Waals surface area contributed by atoms with Crippen LogP contribution in [-0.2, 0) is 17.6 Å². The summed E-state index contributed by atoms with van der Waals surface area (Å²) in [5.74, 6) is 0. The van der Waals surface area contributed by atoms with Gasteiger partial charge in [-0.15, -0.1) is 0 Å². The van der Waals surface area contributed by atoms with Crippen molar-refractivity contribution in [2.75, 3.05) is 19.7 Å². The highest BCUT2D eigenvalue weighted by molar-refractivity contribution is 6.30. The van der Waals surface area contributed by atoms with E-state index in [2.05, 4.69) is 17.4 Å². The van der Waals surface area contributed by atoms with Crippen LogP contribution < -0.4 is 5.32 Å². The molecule has 0 aromatic heterocycles. The number of hydrogen-bond acceptors (Lipinski definition) is 2. The van der Waals surface area contributed by atoms with Crippen LogP contribution >= 0.6 is 11.6 Å². The van der Waals surface area contributed by atoms with Gasteiger partial charge in [-0.05, 0) is 48.2 Å². The van der Waals surface area contributed by atoms with Crippen molar-refractivity contribution in [2.24, 2.45) is 0 Å². The highest BCUT2D eigenvalue weighted by atomic mass is 35.5. The fourth-order valence-electron chi connectivity index (χ4n) is 2.58. The van der Waals surface area contributed by atoms with E-state index in [0.29, 0.717) is 0 Å². The Morgan fingerprint density at radius 2 is 2.07 bits per heavy atom. The van der Waals surface area contributed by atoms with Crippen molar-refractivity contribution < 1.29 is 4.74 Å². The minimum atomic E-state index is 0.239. The molecule has 0 spiro atoms. The first-order valence-electron chi connectivity index (χ1n) is 5.48. The van der Waals surface area contributed by atoms with Gasteiger partial charge in [0.05, 0.1) is 12.7 Å². The lowest BCUT2D eigenvalue weighted by atomic mass is 9.92. The predicted octanol–water partition coefficient (Wildman–Crippen LogP) is 2.10. The van der Waals surface area contributed by atoms with Gasteiger partial charge in [0.2, 0.25) is 0 Å². The summed E-state index contributed by atoms with van der Waals surface area (Å²) in [6.45, 7) is 2.77. The van der Waals surface area contributed by atoms with E-state index in [1.165, 1.54) is 16.7 Å². The molecule has 2 aliphatic rings. The van der Waals surface area contributed by atoms with Crippen LogP contribution in [0, 0.1) is 0 Å². The SMILES string of the molecule is Clc1cc2c3c(c1)CCOC3CNCC2. The number of hydrogen-bond donors (Lipinski definition) is 1. The Morgan fingerprint density at radius 1 is 1.27 bits per heavy atom. The quantitative estimate of drug-likeness (QED) is 0.728. The summed E-state index contributed by atoms with van der Waals surface area (Å²) in [6, 6.07) is 4.19. The first-order chi connectivity index (χ1) is 7.34. The smallest absolute Gasteiger partial charge is 0.0954 e. The lowest BCUT2D eigenvalue weighted by Crippen LogP contribution is -2.25. The molecule has 2 nitrogen and oxygen atoms in total. The maximum atomic E-state index is 6.12. The highest BCUT2D eigenvalue weighted by Gasteiger charge is 2.25. The maximum Gasteiger partial charge on any atom is 0.0954 e. The fraction of sp³-hybridized carbons (Fsp3) is 0.500. The predicted molar refractivity (Wildman–Crippen MR) is 60.4 cm³/mol. The Labute approximate surface area is 94.6 Å². The second kappa shape index (κ2) is 3.78. The van der Waals surface area contributed by atoms with Crippen molar-refractivity contribution >= 4 is 11.6 Å². The molecule has 1 aromatic carbocycles. The van der Waals surface area contributed by atoms with Gasteiger partial charge in [0, 0.05) is 11.6 Å². The third-order valence-electron chi connectivity index (χ3n) is 3.23. The van der Waals surface area contributed by atoms with E-state index < -0.39 is 0 Å². The van der Waals surface area contributed by atoms with Gasteiger partial charge in [-0.3, -0.25) is 0 Å². The molecule has 0 saturated carbocycles. The van der Waals surface area contributed by atoms with E-state index in [0.717, 1.165) is 37.6 Å². The third kappa shape index (κ3) is 1.67. The fourth-order valence-corrected chi connectivity index (χ4v) is 2.84. The summed E-state index contributed by atoms with van der Waals surface area (Å²) in [6.07, 6.45) is 2.30. The van der Waals surface area contributed by atoms with Crippen LogP contribution in [0.1, 0.15) is 22.8 Å². The minimum Gasteiger partial charge on any atom is -0.372 e. The van der Waals surface area contributed by atoms with E-state index in [1.54, 1.807) is 0 Å². The topological polar surface area (TPSA) is 21.3 Å². The van der Waals surface area contributed by atoms with E-state index >= 15 is 0 Å². The highest BCUT2D eigenvalue weighted by Crippen LogP contribution is 2.33. The van der Waals surface area contributed by atoms with Crippen LogP contribution in [0.3, 0.4) is 0 Å². The molecule has 0 saturated heterocycles. The average Bonchev–Trinajstić information content (AvgIpc) is 2.42. The molecular weight excluding hydrogens is 210 g/mol. The van der Waals surface area contributed by atoms with Gasteiger partial charge in [-0.25, -0.2) is 0 Å². The van der Waals surface area contributed by atoms with Gasteiger partial charge >= 0.3 is 0 Å². The first-order valence-corrected chi connectivity index (χ1v) is 5.86. The average molecular weight is 224 g/mol. The Balaban J connectivity index is 2.16. The van der Waals surface area contributed by atoms with Crippen LogP contribution in [0.15, 0.2) is 12.1 Å². The Kier molecular flexibility index (Phi) is 2.43. The Bertz CT molecular complexity index is 391. The molecule has 0 radical (unpaired) electrons. The van der Waals surface area contributed by atoms with E-state index in [4.69, 9.17) is 16.3 Å². The molecule has 0 aliphatic carbocycles. The number of ether oxygens (including phenoxy) is 1. The standard InChI is InChI=1S/C12H14ClNO/c13-10-5-8-1-3-14-7-11-12(8)9(6-10)2-4-15-11/h5-6,11,14H,1-4,7H2. The Morgan fingerprint density at radius 3 is 2.93 bits per heavy atom. The van der Waals surface area contributed by atoms with Crippen LogP contribution in [0.4, 0.5) is 0 Å². The maximum absolute atomic E-state index is 6.12. The van der Waals surface area contributed by atoms with Crippen molar-refractivity contribution in [3.05, 3.63) is 33.8 Å². The molecule has 2 aliphatic heterocycles. The van der Waals surface area contributed by atoms with Gasteiger partial charge in [-0.2, -0.15) is 0 Å². The van der Waals surface area contributed by atoms with Crippen molar-refractivity contribution in [2.45, 2.75) is 18.9 Å². The lowest BCUT2D eigenvalue weighted by Gasteiger charge is -2.26. The van der Waals surface area contributed by atoms with E-state index in [-0.39, 0.29) is 6.10 Å². The summed E-state index contributed by atoms with van der Waals surface area (Å²) < 4.78 is 5.80. The molecule has 0 amide bonds. The van der Waals surface area contributed by atoms with Gasteiger partial charge in [0.15, 0.2) is 0 Å². The zero-order valence-corrected chi connectivity index (χ0v) is 9.31. The summed E-state index contributed by atoms with van der Waals surface area (Å²) in [7, 11) is 0. The van der Waals surface area contributed by atoms with Crippen molar-refractivity contribution in [1.29, 1.82) is 0 Å². The normalized spacial score (nSPS) is 24.5. The zero-order chi connectivity index (χ0) is 10.3. The van der Waals surface area contributed by atoms with Gasteiger partial charge in [0.1, 0.15) is 0 Å². The molecule has 3 rings (SSSR count). The van der Waals surface area contributed by atoms with Crippen molar-refractivity contribution in [1.82, 2.24) is 5.32 Å². The van der Waals surface area contributed by atoms with Crippen LogP contribution in [-0.4, -0.2) is 19.7 Å². The molecule has 3 heteroatoms. The Hall–Kier alpha value is -0.570. The largest absolute Gasteiger partial charge is 0.372 e. The first kappa shape index (κ1) is 9.64. The summed E-state index contributed by atoms with van der Waals surface area (Å²) in [5.41, 5.74) is 4.15. The lowest BCUT2D eigenvalue weighted by molar-refractivity contribution is 0.0441. The molecule has 0 bridgehead atoms. The van der Waals surface area contributed by atoms with Crippen LogP contribution in [0.5, 0.6) is 0 Å². The summed E-state index contributed by atoms with van der Waals surface area (Å²) >= 11 is 6.12. The number of rotatable bonds is 0. The van der Waals surface area contributed by atoms with Gasteiger partial charge in [0.25, 0.3) is 0 Å². The van der Waals surface area contributed by atoms with Crippen molar-refractivity contribution in [3.8, 4) is 0 Å². The van der Waals surface area contributed by atoms with Crippen LogP contribution in [0.25, 0.3) is 0 Å². The van der Waals surface area contributed by atoms with Crippen LogP contribution in [0.2, 0.25) is 5.02 Å². The molecule has 1 aromatic rings. The van der Waals surface area contributed by atoms with Gasteiger partial charge < -0.3 is 10.1 Å². The number of benzene rings is 1. The molecule has 1 unspecified atom stereocenters. The summed E-state index contributed by atoms with van der Waals surface area (Å²) in [5, 5.41) is 4.27. The second-order valence-corrected chi connectivity index (χ2v) is 4.64. The molecule has 15 heavy (non-hydrogen) atoms. The van der Waals surface area contributed by atoms with Crippen molar-refractivity contribution in [3.63, 3.8) is 0 Å². The molecule has 80 valence electrons. The number of halogens is 1. The zero-order valence-electron chi connectivity index (χ0n) is 8.55.